The van der Waals surface area contributed by atoms with Crippen LogP contribution in [0, 0.1) is 6.92 Å². The number of aromatic nitrogens is 1. The molecule has 0 fully saturated rings. The molecule has 0 radical (unpaired) electrons. The normalized spacial score (nSPS) is 11.7. The minimum atomic E-state index is -3.18. The van der Waals surface area contributed by atoms with Gasteiger partial charge in [0.25, 0.3) is 0 Å². The molecular formula is C15H20N2O2S2. The van der Waals surface area contributed by atoms with Crippen molar-refractivity contribution in [3.8, 4) is 0 Å². The second kappa shape index (κ2) is 7.68. The first-order chi connectivity index (χ1) is 10.1. The average molecular weight is 324 g/mol. The van der Waals surface area contributed by atoms with Crippen LogP contribution in [0.25, 0.3) is 0 Å². The van der Waals surface area contributed by atoms with E-state index in [4.69, 9.17) is 0 Å². The summed E-state index contributed by atoms with van der Waals surface area (Å²) in [5, 5.41) is 1.01. The number of sulfonamides is 1. The van der Waals surface area contributed by atoms with Crippen LogP contribution in [0.3, 0.4) is 0 Å². The van der Waals surface area contributed by atoms with Crippen LogP contribution in [-0.2, 0) is 22.9 Å². The molecule has 1 aromatic carbocycles. The summed E-state index contributed by atoms with van der Waals surface area (Å²) >= 11 is 1.61. The van der Waals surface area contributed by atoms with Crippen LogP contribution in [0.2, 0.25) is 0 Å². The highest BCUT2D eigenvalue weighted by Gasteiger charge is 2.09. The Kier molecular flexibility index (Phi) is 5.90. The fourth-order valence-corrected chi connectivity index (χ4v) is 3.91. The fourth-order valence-electron chi connectivity index (χ4n) is 2.03. The summed E-state index contributed by atoms with van der Waals surface area (Å²) in [6, 6.07) is 9.94. The highest BCUT2D eigenvalue weighted by Crippen LogP contribution is 2.11. The van der Waals surface area contributed by atoms with Crippen LogP contribution in [0.1, 0.15) is 21.9 Å². The molecule has 0 aliphatic rings. The number of nitrogens with zero attached hydrogens (tertiary/aromatic N) is 1. The van der Waals surface area contributed by atoms with Gasteiger partial charge in [-0.15, -0.1) is 11.3 Å². The van der Waals surface area contributed by atoms with Crippen molar-refractivity contribution in [1.29, 1.82) is 0 Å². The molecule has 1 heterocycles. The zero-order valence-electron chi connectivity index (χ0n) is 12.1. The van der Waals surface area contributed by atoms with Crippen molar-refractivity contribution >= 4 is 21.4 Å². The SMILES string of the molecule is Cc1ncc(CCNS(=O)(=O)CCCc2ccccc2)s1. The quantitative estimate of drug-likeness (QED) is 0.812. The Morgan fingerprint density at radius 2 is 1.95 bits per heavy atom. The Bertz CT molecular complexity index is 651. The Hall–Kier alpha value is -1.24. The van der Waals surface area contributed by atoms with Gasteiger partial charge in [-0.25, -0.2) is 18.1 Å². The average Bonchev–Trinajstić information content (AvgIpc) is 2.85. The summed E-state index contributed by atoms with van der Waals surface area (Å²) in [6.45, 7) is 2.39. The number of aryl methyl sites for hydroxylation is 2. The van der Waals surface area contributed by atoms with Crippen LogP contribution in [0.4, 0.5) is 0 Å². The summed E-state index contributed by atoms with van der Waals surface area (Å²) in [5.41, 5.74) is 1.17. The van der Waals surface area contributed by atoms with Gasteiger partial charge in [-0.3, -0.25) is 0 Å². The van der Waals surface area contributed by atoms with Crippen molar-refractivity contribution in [2.45, 2.75) is 26.2 Å². The zero-order valence-corrected chi connectivity index (χ0v) is 13.7. The van der Waals surface area contributed by atoms with Crippen molar-refractivity contribution < 1.29 is 8.42 Å². The zero-order chi connectivity index (χ0) is 15.1. The van der Waals surface area contributed by atoms with Crippen LogP contribution in [0.15, 0.2) is 36.5 Å². The van der Waals surface area contributed by atoms with Crippen LogP contribution in [-0.4, -0.2) is 25.7 Å². The minimum Gasteiger partial charge on any atom is -0.250 e. The lowest BCUT2D eigenvalue weighted by Gasteiger charge is -2.06. The highest BCUT2D eigenvalue weighted by molar-refractivity contribution is 7.89. The van der Waals surface area contributed by atoms with E-state index < -0.39 is 10.0 Å². The van der Waals surface area contributed by atoms with E-state index in [1.165, 1.54) is 5.56 Å². The van der Waals surface area contributed by atoms with Gasteiger partial charge >= 0.3 is 0 Å². The fraction of sp³-hybridized carbons (Fsp3) is 0.400. The molecule has 4 nitrogen and oxygen atoms in total. The molecule has 0 saturated heterocycles. The van der Waals surface area contributed by atoms with Crippen LogP contribution < -0.4 is 4.72 Å². The third kappa shape index (κ3) is 5.95. The largest absolute Gasteiger partial charge is 0.250 e. The molecular weight excluding hydrogens is 304 g/mol. The molecule has 6 heteroatoms. The lowest BCUT2D eigenvalue weighted by atomic mass is 10.1. The number of thiazole rings is 1. The maximum absolute atomic E-state index is 11.9. The van der Waals surface area contributed by atoms with Gasteiger partial charge in [0.05, 0.1) is 10.8 Å². The van der Waals surface area contributed by atoms with E-state index >= 15 is 0 Å². The van der Waals surface area contributed by atoms with E-state index in [2.05, 4.69) is 9.71 Å². The first-order valence-electron chi connectivity index (χ1n) is 6.98. The summed E-state index contributed by atoms with van der Waals surface area (Å²) in [4.78, 5) is 5.27. The van der Waals surface area contributed by atoms with E-state index in [-0.39, 0.29) is 5.75 Å². The van der Waals surface area contributed by atoms with E-state index in [9.17, 15) is 8.42 Å². The van der Waals surface area contributed by atoms with Gasteiger partial charge in [-0.1, -0.05) is 30.3 Å². The topological polar surface area (TPSA) is 59.1 Å². The van der Waals surface area contributed by atoms with Crippen LogP contribution >= 0.6 is 11.3 Å². The van der Waals surface area contributed by atoms with Crippen molar-refractivity contribution in [2.24, 2.45) is 0 Å². The van der Waals surface area contributed by atoms with Gasteiger partial charge in [0.15, 0.2) is 0 Å². The smallest absolute Gasteiger partial charge is 0.211 e. The van der Waals surface area contributed by atoms with Crippen molar-refractivity contribution in [2.75, 3.05) is 12.3 Å². The van der Waals surface area contributed by atoms with E-state index in [0.29, 0.717) is 19.4 Å². The van der Waals surface area contributed by atoms with E-state index in [1.807, 2.05) is 43.5 Å². The Morgan fingerprint density at radius 3 is 2.62 bits per heavy atom. The Balaban J connectivity index is 1.69. The molecule has 1 aromatic heterocycles. The van der Waals surface area contributed by atoms with Gasteiger partial charge in [-0.05, 0) is 31.7 Å². The van der Waals surface area contributed by atoms with E-state index in [0.717, 1.165) is 16.3 Å². The predicted molar refractivity (Wildman–Crippen MR) is 87.1 cm³/mol. The monoisotopic (exact) mass is 324 g/mol. The molecule has 21 heavy (non-hydrogen) atoms. The van der Waals surface area contributed by atoms with Crippen molar-refractivity contribution in [3.63, 3.8) is 0 Å². The van der Waals surface area contributed by atoms with Crippen molar-refractivity contribution in [3.05, 3.63) is 52.0 Å². The number of hydrogen-bond acceptors (Lipinski definition) is 4. The molecule has 0 aliphatic carbocycles. The molecule has 0 spiro atoms. The predicted octanol–water partition coefficient (Wildman–Crippen LogP) is 2.55. The van der Waals surface area contributed by atoms with Gasteiger partial charge in [0.2, 0.25) is 10.0 Å². The molecule has 2 rings (SSSR count). The second-order valence-electron chi connectivity index (χ2n) is 4.90. The van der Waals surface area contributed by atoms with Gasteiger partial charge < -0.3 is 0 Å². The number of hydrogen-bond donors (Lipinski definition) is 1. The van der Waals surface area contributed by atoms with Gasteiger partial charge in [0, 0.05) is 17.6 Å². The molecule has 0 amide bonds. The third-order valence-corrected chi connectivity index (χ3v) is 5.53. The van der Waals surface area contributed by atoms with Crippen molar-refractivity contribution in [1.82, 2.24) is 9.71 Å². The molecule has 0 unspecified atom stereocenters. The summed E-state index contributed by atoms with van der Waals surface area (Å²) < 4.78 is 26.4. The highest BCUT2D eigenvalue weighted by atomic mass is 32.2. The molecule has 0 saturated carbocycles. The molecule has 1 N–H and O–H groups in total. The minimum absolute atomic E-state index is 0.170. The number of benzene rings is 1. The summed E-state index contributed by atoms with van der Waals surface area (Å²) in [7, 11) is -3.18. The molecule has 114 valence electrons. The molecule has 2 aromatic rings. The lowest BCUT2D eigenvalue weighted by molar-refractivity contribution is 0.579. The number of nitrogens with one attached hydrogen (secondary N) is 1. The standard InChI is InChI=1S/C15H20N2O2S2/c1-13-16-12-15(20-13)9-10-17-21(18,19)11-5-8-14-6-3-2-4-7-14/h2-4,6-7,12,17H,5,8-11H2,1H3. The summed E-state index contributed by atoms with van der Waals surface area (Å²) in [6.07, 6.45) is 3.93. The Morgan fingerprint density at radius 1 is 1.19 bits per heavy atom. The first kappa shape index (κ1) is 16.1. The van der Waals surface area contributed by atoms with Gasteiger partial charge in [0.1, 0.15) is 0 Å². The lowest BCUT2D eigenvalue weighted by Crippen LogP contribution is -2.28. The van der Waals surface area contributed by atoms with Gasteiger partial charge in [-0.2, -0.15) is 0 Å². The first-order valence-corrected chi connectivity index (χ1v) is 9.44. The molecule has 0 bridgehead atoms. The number of rotatable bonds is 8. The summed E-state index contributed by atoms with van der Waals surface area (Å²) in [5.74, 6) is 0.170. The maximum atomic E-state index is 11.9. The second-order valence-corrected chi connectivity index (χ2v) is 8.14. The van der Waals surface area contributed by atoms with E-state index in [1.54, 1.807) is 11.3 Å². The molecule has 0 aliphatic heterocycles. The molecule has 0 atom stereocenters. The Labute approximate surface area is 130 Å². The maximum Gasteiger partial charge on any atom is 0.211 e. The van der Waals surface area contributed by atoms with Crippen LogP contribution in [0.5, 0.6) is 0 Å². The third-order valence-electron chi connectivity index (χ3n) is 3.08.